The molecule has 2 N–H and O–H groups in total. The van der Waals surface area contributed by atoms with Crippen LogP contribution in [0.15, 0.2) is 40.6 Å². The van der Waals surface area contributed by atoms with Crippen LogP contribution in [0.2, 0.25) is 10.0 Å². The smallest absolute Gasteiger partial charge is 0.267 e. The summed E-state index contributed by atoms with van der Waals surface area (Å²) in [5.41, 5.74) is 5.27. The molecule has 10 heteroatoms. The number of anilines is 3. The molecule has 180 valence electrons. The molecule has 2 aromatic carbocycles. The number of rotatable bonds is 6. The third-order valence-corrected chi connectivity index (χ3v) is 8.92. The van der Waals surface area contributed by atoms with Crippen LogP contribution in [0.1, 0.15) is 39.2 Å². The van der Waals surface area contributed by atoms with Crippen LogP contribution in [0.25, 0.3) is 0 Å². The van der Waals surface area contributed by atoms with Gasteiger partial charge in [-0.15, -0.1) is 11.3 Å². The van der Waals surface area contributed by atoms with Gasteiger partial charge in [0.25, 0.3) is 15.9 Å². The van der Waals surface area contributed by atoms with E-state index in [1.165, 1.54) is 35.1 Å². The Balaban J connectivity index is 1.61. The maximum atomic E-state index is 13.3. The quantitative estimate of drug-likeness (QED) is 0.369. The summed E-state index contributed by atoms with van der Waals surface area (Å²) in [5.74, 6) is -0.371. The first-order valence-electron chi connectivity index (χ1n) is 10.8. The predicted molar refractivity (Wildman–Crippen MR) is 142 cm³/mol. The van der Waals surface area contributed by atoms with Crippen LogP contribution in [0, 0.1) is 20.8 Å². The van der Waals surface area contributed by atoms with Gasteiger partial charge in [-0.25, -0.2) is 8.42 Å². The van der Waals surface area contributed by atoms with Gasteiger partial charge in [-0.05, 0) is 79.9 Å². The zero-order chi connectivity index (χ0) is 24.6. The van der Waals surface area contributed by atoms with Crippen molar-refractivity contribution in [3.05, 3.63) is 67.3 Å². The van der Waals surface area contributed by atoms with Gasteiger partial charge in [0.05, 0.1) is 20.6 Å². The van der Waals surface area contributed by atoms with Crippen LogP contribution in [0.3, 0.4) is 0 Å². The van der Waals surface area contributed by atoms with Crippen LogP contribution in [0.4, 0.5) is 17.1 Å². The Kier molecular flexibility index (Phi) is 7.14. The number of nitrogens with one attached hydrogen (secondary N) is 2. The maximum Gasteiger partial charge on any atom is 0.267 e. The van der Waals surface area contributed by atoms with Crippen molar-refractivity contribution in [2.75, 3.05) is 28.0 Å². The van der Waals surface area contributed by atoms with E-state index >= 15 is 0 Å². The van der Waals surface area contributed by atoms with Gasteiger partial charge in [0.1, 0.15) is 4.88 Å². The van der Waals surface area contributed by atoms with Crippen LogP contribution in [0.5, 0.6) is 0 Å². The van der Waals surface area contributed by atoms with Gasteiger partial charge in [0, 0.05) is 24.5 Å². The topological polar surface area (TPSA) is 78.5 Å². The highest BCUT2D eigenvalue weighted by Gasteiger charge is 2.24. The first kappa shape index (κ1) is 24.9. The van der Waals surface area contributed by atoms with E-state index in [0.717, 1.165) is 48.4 Å². The van der Waals surface area contributed by atoms with E-state index in [9.17, 15) is 13.2 Å². The number of nitrogens with zero attached hydrogens (tertiary/aromatic N) is 1. The Hall–Kier alpha value is -2.26. The Morgan fingerprint density at radius 1 is 1.00 bits per heavy atom. The maximum absolute atomic E-state index is 13.3. The summed E-state index contributed by atoms with van der Waals surface area (Å²) in [6.07, 6.45) is 2.32. The highest BCUT2D eigenvalue weighted by Crippen LogP contribution is 2.36. The lowest BCUT2D eigenvalue weighted by molar-refractivity contribution is 0.103. The zero-order valence-corrected chi connectivity index (χ0v) is 22.2. The second-order valence-corrected chi connectivity index (χ2v) is 11.8. The van der Waals surface area contributed by atoms with E-state index in [4.69, 9.17) is 23.2 Å². The predicted octanol–water partition coefficient (Wildman–Crippen LogP) is 6.63. The summed E-state index contributed by atoms with van der Waals surface area (Å²) in [4.78, 5) is 15.8. The summed E-state index contributed by atoms with van der Waals surface area (Å²) >= 11 is 13.1. The number of hydrogen-bond donors (Lipinski definition) is 2. The molecule has 1 aliphatic rings. The van der Waals surface area contributed by atoms with Gasteiger partial charge in [-0.1, -0.05) is 29.3 Å². The van der Waals surface area contributed by atoms with Crippen molar-refractivity contribution in [3.63, 3.8) is 0 Å². The molecule has 0 radical (unpaired) electrons. The fourth-order valence-corrected chi connectivity index (χ4v) is 6.65. The van der Waals surface area contributed by atoms with Crippen molar-refractivity contribution in [2.45, 2.75) is 38.5 Å². The molecule has 0 saturated carbocycles. The molecule has 34 heavy (non-hydrogen) atoms. The Morgan fingerprint density at radius 3 is 2.38 bits per heavy atom. The lowest BCUT2D eigenvalue weighted by Crippen LogP contribution is -2.22. The second-order valence-electron chi connectivity index (χ2n) is 8.35. The minimum Gasteiger partial charge on any atom is -0.371 e. The molecule has 0 bridgehead atoms. The van der Waals surface area contributed by atoms with E-state index in [-0.39, 0.29) is 31.4 Å². The van der Waals surface area contributed by atoms with Crippen LogP contribution < -0.4 is 14.9 Å². The molecule has 0 atom stereocenters. The average Bonchev–Trinajstić information content (AvgIpc) is 3.45. The largest absolute Gasteiger partial charge is 0.371 e. The summed E-state index contributed by atoms with van der Waals surface area (Å²) in [6.45, 7) is 8.08. The Bertz CT molecular complexity index is 1360. The number of carbonyl (C=O) groups excluding carboxylic acids is 1. The highest BCUT2D eigenvalue weighted by molar-refractivity contribution is 7.92. The molecule has 6 nitrogen and oxygen atoms in total. The van der Waals surface area contributed by atoms with Crippen molar-refractivity contribution in [2.24, 2.45) is 0 Å². The van der Waals surface area contributed by atoms with Crippen LogP contribution in [-0.2, 0) is 10.0 Å². The van der Waals surface area contributed by atoms with E-state index < -0.39 is 10.0 Å². The first-order chi connectivity index (χ1) is 16.1. The monoisotopic (exact) mass is 537 g/mol. The molecular formula is C24H25Cl2N3O3S2. The number of carbonyl (C=O) groups is 1. The van der Waals surface area contributed by atoms with Crippen molar-refractivity contribution >= 4 is 67.5 Å². The fraction of sp³-hybridized carbons (Fsp3) is 0.292. The summed E-state index contributed by atoms with van der Waals surface area (Å²) < 4.78 is 28.3. The SMILES string of the molecule is Cc1cc(C)c(N2CCCC2)c(C)c1NC(=O)c1sccc1NS(=O)(=O)c1ccc(Cl)c(Cl)c1. The summed E-state index contributed by atoms with van der Waals surface area (Å²) in [7, 11) is -3.96. The van der Waals surface area contributed by atoms with Crippen molar-refractivity contribution in [1.82, 2.24) is 0 Å². The van der Waals surface area contributed by atoms with Gasteiger partial charge >= 0.3 is 0 Å². The first-order valence-corrected chi connectivity index (χ1v) is 13.9. The molecule has 1 aliphatic heterocycles. The van der Waals surface area contributed by atoms with Crippen molar-refractivity contribution in [3.8, 4) is 0 Å². The number of amides is 1. The lowest BCUT2D eigenvalue weighted by atomic mass is 10.0. The summed E-state index contributed by atoms with van der Waals surface area (Å²) in [5, 5.41) is 5.09. The molecule has 2 heterocycles. The second kappa shape index (κ2) is 9.77. The van der Waals surface area contributed by atoms with E-state index in [0.29, 0.717) is 0 Å². The van der Waals surface area contributed by atoms with Gasteiger partial charge in [-0.2, -0.15) is 0 Å². The third kappa shape index (κ3) is 4.91. The number of thiophene rings is 1. The van der Waals surface area contributed by atoms with Crippen molar-refractivity contribution < 1.29 is 13.2 Å². The van der Waals surface area contributed by atoms with Gasteiger partial charge in [0.2, 0.25) is 0 Å². The average molecular weight is 539 g/mol. The standard InChI is InChI=1S/C24H25Cl2N3O3S2/c1-14-12-15(2)22(29-9-4-5-10-29)16(3)21(14)27-24(30)23-20(8-11-33-23)28-34(31,32)17-6-7-18(25)19(26)13-17/h6-8,11-13,28H,4-5,9-10H2,1-3H3,(H,27,30). The molecule has 1 amide bonds. The highest BCUT2D eigenvalue weighted by atomic mass is 35.5. The Morgan fingerprint density at radius 2 is 1.71 bits per heavy atom. The normalized spacial score (nSPS) is 13.9. The van der Waals surface area contributed by atoms with E-state index in [1.807, 2.05) is 13.8 Å². The minimum atomic E-state index is -3.96. The Labute approximate surface area is 213 Å². The molecule has 1 saturated heterocycles. The van der Waals surface area contributed by atoms with Crippen LogP contribution in [-0.4, -0.2) is 27.4 Å². The fourth-order valence-electron chi connectivity index (χ4n) is 4.38. The van der Waals surface area contributed by atoms with Crippen LogP contribution >= 0.6 is 34.5 Å². The lowest BCUT2D eigenvalue weighted by Gasteiger charge is -2.26. The molecule has 0 unspecified atom stereocenters. The molecular weight excluding hydrogens is 513 g/mol. The molecule has 0 aliphatic carbocycles. The van der Waals surface area contributed by atoms with Gasteiger partial charge < -0.3 is 10.2 Å². The minimum absolute atomic E-state index is 0.0417. The molecule has 1 fully saturated rings. The molecule has 0 spiro atoms. The molecule has 3 aromatic rings. The van der Waals surface area contributed by atoms with E-state index in [2.05, 4.69) is 27.9 Å². The van der Waals surface area contributed by atoms with Gasteiger partial charge in [0.15, 0.2) is 0 Å². The van der Waals surface area contributed by atoms with E-state index in [1.54, 1.807) is 11.4 Å². The third-order valence-electron chi connectivity index (χ3n) is 5.91. The zero-order valence-electron chi connectivity index (χ0n) is 19.0. The van der Waals surface area contributed by atoms with Crippen molar-refractivity contribution in [1.29, 1.82) is 0 Å². The number of benzene rings is 2. The number of aryl methyl sites for hydroxylation is 2. The summed E-state index contributed by atoms with van der Waals surface area (Å²) in [6, 6.07) is 7.71. The van der Waals surface area contributed by atoms with Gasteiger partial charge in [-0.3, -0.25) is 9.52 Å². The number of hydrogen-bond acceptors (Lipinski definition) is 5. The molecule has 1 aromatic heterocycles. The number of sulfonamides is 1. The number of halogens is 2. The molecule has 4 rings (SSSR count).